The molecule has 128 valence electrons. The third-order valence-corrected chi connectivity index (χ3v) is 4.46. The fourth-order valence-corrected chi connectivity index (χ4v) is 4.10. The van der Waals surface area contributed by atoms with Crippen LogP contribution in [0.5, 0.6) is 0 Å². The number of rotatable bonds is 7. The van der Waals surface area contributed by atoms with E-state index in [0.29, 0.717) is 6.42 Å². The normalized spacial score (nSPS) is 27.2. The van der Waals surface area contributed by atoms with Crippen LogP contribution in [0.4, 0.5) is 4.79 Å². The molecule has 2 atom stereocenters. The lowest BCUT2D eigenvalue weighted by Gasteiger charge is -2.46. The van der Waals surface area contributed by atoms with Gasteiger partial charge in [-0.2, -0.15) is 0 Å². The van der Waals surface area contributed by atoms with Crippen LogP contribution >= 0.6 is 0 Å². The topological polar surface area (TPSA) is 78.4 Å². The highest BCUT2D eigenvalue weighted by Crippen LogP contribution is 2.47. The van der Waals surface area contributed by atoms with Gasteiger partial charge in [-0.25, -0.2) is 4.79 Å². The Balaban J connectivity index is 2.57. The minimum Gasteiger partial charge on any atom is -0.465 e. The zero-order valence-electron chi connectivity index (χ0n) is 14.5. The Labute approximate surface area is 134 Å². The van der Waals surface area contributed by atoms with E-state index in [1.165, 1.54) is 0 Å². The number of nitrogens with one attached hydrogen (secondary N) is 2. The molecule has 0 saturated heterocycles. The predicted molar refractivity (Wildman–Crippen MR) is 87.8 cm³/mol. The van der Waals surface area contributed by atoms with Crippen molar-refractivity contribution in [2.24, 2.45) is 10.8 Å². The van der Waals surface area contributed by atoms with Crippen LogP contribution in [0.15, 0.2) is 0 Å². The van der Waals surface area contributed by atoms with E-state index >= 15 is 0 Å². The van der Waals surface area contributed by atoms with Crippen LogP contribution in [0.3, 0.4) is 0 Å². The van der Waals surface area contributed by atoms with Crippen LogP contribution in [-0.2, 0) is 4.79 Å². The van der Waals surface area contributed by atoms with E-state index in [0.717, 1.165) is 45.1 Å². The summed E-state index contributed by atoms with van der Waals surface area (Å²) in [5.41, 5.74) is -0.105. The van der Waals surface area contributed by atoms with Gasteiger partial charge in [-0.05, 0) is 36.5 Å². The molecule has 0 radical (unpaired) electrons. The monoisotopic (exact) mass is 312 g/mol. The molecule has 1 saturated carbocycles. The summed E-state index contributed by atoms with van der Waals surface area (Å²) < 4.78 is 0. The third-order valence-electron chi connectivity index (χ3n) is 4.46. The van der Waals surface area contributed by atoms with E-state index in [9.17, 15) is 9.59 Å². The largest absolute Gasteiger partial charge is 0.465 e. The van der Waals surface area contributed by atoms with Gasteiger partial charge >= 0.3 is 6.09 Å². The number of carboxylic acid groups (broad SMARTS) is 1. The van der Waals surface area contributed by atoms with E-state index in [1.807, 2.05) is 0 Å². The van der Waals surface area contributed by atoms with Gasteiger partial charge in [0.25, 0.3) is 0 Å². The number of carbonyl (C=O) groups excluding carboxylic acids is 1. The van der Waals surface area contributed by atoms with Crippen molar-refractivity contribution in [3.63, 3.8) is 0 Å². The van der Waals surface area contributed by atoms with Crippen molar-refractivity contribution >= 4 is 12.0 Å². The first kappa shape index (κ1) is 18.8. The van der Waals surface area contributed by atoms with Crippen LogP contribution in [-0.4, -0.2) is 29.7 Å². The first-order valence-corrected chi connectivity index (χ1v) is 8.42. The average molecular weight is 312 g/mol. The molecular weight excluding hydrogens is 280 g/mol. The van der Waals surface area contributed by atoms with Crippen molar-refractivity contribution in [1.29, 1.82) is 0 Å². The number of unbranched alkanes of at least 4 members (excludes halogenated alkanes) is 2. The number of carbonyl (C=O) groups is 2. The molecule has 1 aliphatic carbocycles. The molecule has 1 rings (SSSR count). The lowest BCUT2D eigenvalue weighted by Crippen LogP contribution is -2.47. The highest BCUT2D eigenvalue weighted by Gasteiger charge is 2.42. The molecule has 2 unspecified atom stereocenters. The molecule has 1 aliphatic rings. The predicted octanol–water partition coefficient (Wildman–Crippen LogP) is 3.54. The zero-order valence-corrected chi connectivity index (χ0v) is 14.5. The SMILES string of the molecule is CCCCCNC(=O)CC1(C)CC(NC(=O)O)CC(C)(C)C1. The fourth-order valence-electron chi connectivity index (χ4n) is 4.10. The number of amides is 2. The first-order chi connectivity index (χ1) is 10.2. The van der Waals surface area contributed by atoms with Crippen LogP contribution in [0.2, 0.25) is 0 Å². The molecule has 5 nitrogen and oxygen atoms in total. The molecule has 2 amide bonds. The van der Waals surface area contributed by atoms with Gasteiger partial charge in [-0.15, -0.1) is 0 Å². The van der Waals surface area contributed by atoms with Gasteiger partial charge in [0.2, 0.25) is 5.91 Å². The number of hydrogen-bond acceptors (Lipinski definition) is 2. The Bertz CT molecular complexity index is 395. The van der Waals surface area contributed by atoms with Gasteiger partial charge < -0.3 is 15.7 Å². The summed E-state index contributed by atoms with van der Waals surface area (Å²) in [6, 6.07) is -0.0702. The molecule has 0 bridgehead atoms. The minimum atomic E-state index is -0.978. The van der Waals surface area contributed by atoms with Crippen molar-refractivity contribution in [2.45, 2.75) is 78.7 Å². The van der Waals surface area contributed by atoms with Gasteiger partial charge in [0.1, 0.15) is 0 Å². The van der Waals surface area contributed by atoms with Crippen LogP contribution in [0.25, 0.3) is 0 Å². The molecule has 0 heterocycles. The molecule has 22 heavy (non-hydrogen) atoms. The highest BCUT2D eigenvalue weighted by molar-refractivity contribution is 5.76. The average Bonchev–Trinajstić information content (AvgIpc) is 2.30. The van der Waals surface area contributed by atoms with Gasteiger partial charge in [0, 0.05) is 19.0 Å². The quantitative estimate of drug-likeness (QED) is 0.629. The molecule has 1 fully saturated rings. The Morgan fingerprint density at radius 1 is 1.18 bits per heavy atom. The van der Waals surface area contributed by atoms with Crippen LogP contribution in [0.1, 0.15) is 72.6 Å². The Hall–Kier alpha value is -1.26. The van der Waals surface area contributed by atoms with E-state index in [4.69, 9.17) is 5.11 Å². The van der Waals surface area contributed by atoms with Gasteiger partial charge in [0.15, 0.2) is 0 Å². The molecule has 0 aromatic heterocycles. The second-order valence-corrected chi connectivity index (χ2v) is 7.94. The standard InChI is InChI=1S/C17H32N2O3/c1-5-6-7-8-18-14(20)11-17(4)10-13(19-15(21)22)9-16(2,3)12-17/h13,19H,5-12H2,1-4H3,(H,18,20)(H,21,22). The van der Waals surface area contributed by atoms with E-state index in [-0.39, 0.29) is 22.8 Å². The molecule has 0 aromatic rings. The lowest BCUT2D eigenvalue weighted by atomic mass is 9.61. The molecular formula is C17H32N2O3. The van der Waals surface area contributed by atoms with Gasteiger partial charge in [0.05, 0.1) is 0 Å². The molecule has 0 spiro atoms. The fraction of sp³-hybridized carbons (Fsp3) is 0.882. The lowest BCUT2D eigenvalue weighted by molar-refractivity contribution is -0.124. The third kappa shape index (κ3) is 6.67. The summed E-state index contributed by atoms with van der Waals surface area (Å²) >= 11 is 0. The number of hydrogen-bond donors (Lipinski definition) is 3. The Morgan fingerprint density at radius 2 is 1.86 bits per heavy atom. The van der Waals surface area contributed by atoms with Crippen LogP contribution in [0, 0.1) is 10.8 Å². The summed E-state index contributed by atoms with van der Waals surface area (Å²) in [6.07, 6.45) is 5.29. The smallest absolute Gasteiger partial charge is 0.404 e. The van der Waals surface area contributed by atoms with Crippen molar-refractivity contribution in [3.8, 4) is 0 Å². The summed E-state index contributed by atoms with van der Waals surface area (Å²) in [6.45, 7) is 9.29. The zero-order chi connectivity index (χ0) is 16.8. The highest BCUT2D eigenvalue weighted by atomic mass is 16.4. The van der Waals surface area contributed by atoms with Crippen LogP contribution < -0.4 is 10.6 Å². The maximum atomic E-state index is 12.2. The molecule has 5 heteroatoms. The second-order valence-electron chi connectivity index (χ2n) is 7.94. The Kier molecular flexibility index (Phi) is 6.69. The molecule has 0 aromatic carbocycles. The Morgan fingerprint density at radius 3 is 2.45 bits per heavy atom. The summed E-state index contributed by atoms with van der Waals surface area (Å²) in [5.74, 6) is 0.0883. The summed E-state index contributed by atoms with van der Waals surface area (Å²) in [5, 5.41) is 14.6. The van der Waals surface area contributed by atoms with E-state index in [1.54, 1.807) is 0 Å². The van der Waals surface area contributed by atoms with Crippen molar-refractivity contribution in [2.75, 3.05) is 6.54 Å². The summed E-state index contributed by atoms with van der Waals surface area (Å²) in [7, 11) is 0. The van der Waals surface area contributed by atoms with Crippen molar-refractivity contribution in [3.05, 3.63) is 0 Å². The first-order valence-electron chi connectivity index (χ1n) is 8.42. The summed E-state index contributed by atoms with van der Waals surface area (Å²) in [4.78, 5) is 23.1. The minimum absolute atomic E-state index is 0.0443. The molecule has 3 N–H and O–H groups in total. The van der Waals surface area contributed by atoms with Gasteiger partial charge in [-0.1, -0.05) is 40.5 Å². The maximum Gasteiger partial charge on any atom is 0.404 e. The van der Waals surface area contributed by atoms with E-state index in [2.05, 4.69) is 38.3 Å². The van der Waals surface area contributed by atoms with Crippen molar-refractivity contribution < 1.29 is 14.7 Å². The van der Waals surface area contributed by atoms with Crippen molar-refractivity contribution in [1.82, 2.24) is 10.6 Å². The van der Waals surface area contributed by atoms with E-state index < -0.39 is 6.09 Å². The maximum absolute atomic E-state index is 12.2. The van der Waals surface area contributed by atoms with Gasteiger partial charge in [-0.3, -0.25) is 4.79 Å². The second kappa shape index (κ2) is 7.84. The molecule has 0 aliphatic heterocycles.